The quantitative estimate of drug-likeness (QED) is 0.791. The van der Waals surface area contributed by atoms with Gasteiger partial charge in [0.25, 0.3) is 0 Å². The molecule has 4 heteroatoms. The zero-order valence-corrected chi connectivity index (χ0v) is 8.35. The molecule has 13 heavy (non-hydrogen) atoms. The van der Waals surface area contributed by atoms with Crippen LogP contribution in [0.25, 0.3) is 0 Å². The number of halogens is 2. The van der Waals surface area contributed by atoms with E-state index < -0.39 is 0 Å². The molecule has 1 rings (SSSR count). The van der Waals surface area contributed by atoms with Gasteiger partial charge in [0, 0.05) is 17.3 Å². The summed E-state index contributed by atoms with van der Waals surface area (Å²) in [7, 11) is 0. The predicted octanol–water partition coefficient (Wildman–Crippen LogP) is 3.05. The van der Waals surface area contributed by atoms with Gasteiger partial charge in [-0.15, -0.1) is 0 Å². The van der Waals surface area contributed by atoms with E-state index in [2.05, 4.69) is 0 Å². The minimum absolute atomic E-state index is 0.382. The van der Waals surface area contributed by atoms with Crippen molar-refractivity contribution in [2.24, 2.45) is 0 Å². The van der Waals surface area contributed by atoms with Crippen LogP contribution in [0.2, 0.25) is 5.02 Å². The number of anilines is 1. The van der Waals surface area contributed by atoms with Crippen LogP contribution in [-0.2, 0) is 0 Å². The lowest BCUT2D eigenvalue weighted by molar-refractivity contribution is 0.363. The van der Waals surface area contributed by atoms with Crippen molar-refractivity contribution in [2.45, 2.75) is 0 Å². The van der Waals surface area contributed by atoms with E-state index in [1.807, 2.05) is 0 Å². The van der Waals surface area contributed by atoms with Gasteiger partial charge < -0.3 is 10.5 Å². The van der Waals surface area contributed by atoms with Crippen molar-refractivity contribution in [3.8, 4) is 5.75 Å². The number of benzene rings is 1. The van der Waals surface area contributed by atoms with E-state index in [4.69, 9.17) is 33.7 Å². The van der Waals surface area contributed by atoms with Gasteiger partial charge in [-0.2, -0.15) is 0 Å². The van der Waals surface area contributed by atoms with Crippen LogP contribution < -0.4 is 10.5 Å². The molecule has 0 spiro atoms. The SMILES string of the molecule is Nc1ccc(Cl)c(OC/C=C/Cl)c1. The summed E-state index contributed by atoms with van der Waals surface area (Å²) in [5.74, 6) is 0.566. The average molecular weight is 218 g/mol. The molecule has 0 radical (unpaired) electrons. The highest BCUT2D eigenvalue weighted by Gasteiger charge is 1.99. The van der Waals surface area contributed by atoms with Crippen LogP contribution in [0.3, 0.4) is 0 Å². The van der Waals surface area contributed by atoms with Gasteiger partial charge in [0.2, 0.25) is 0 Å². The van der Waals surface area contributed by atoms with Gasteiger partial charge in [-0.25, -0.2) is 0 Å². The normalized spacial score (nSPS) is 10.6. The molecule has 0 aliphatic carbocycles. The summed E-state index contributed by atoms with van der Waals surface area (Å²) in [4.78, 5) is 0. The van der Waals surface area contributed by atoms with E-state index in [1.54, 1.807) is 24.3 Å². The average Bonchev–Trinajstić information content (AvgIpc) is 2.11. The fourth-order valence-corrected chi connectivity index (χ4v) is 1.05. The van der Waals surface area contributed by atoms with Crippen molar-refractivity contribution >= 4 is 28.9 Å². The smallest absolute Gasteiger partial charge is 0.140 e. The number of rotatable bonds is 3. The first-order chi connectivity index (χ1) is 6.24. The molecule has 0 aliphatic heterocycles. The Kier molecular flexibility index (Phi) is 3.93. The summed E-state index contributed by atoms with van der Waals surface area (Å²) < 4.78 is 5.27. The number of hydrogen-bond acceptors (Lipinski definition) is 2. The predicted molar refractivity (Wildman–Crippen MR) is 56.4 cm³/mol. The van der Waals surface area contributed by atoms with E-state index in [1.165, 1.54) is 5.54 Å². The first kappa shape index (κ1) is 10.2. The largest absolute Gasteiger partial charge is 0.488 e. The Bertz CT molecular complexity index is 312. The zero-order chi connectivity index (χ0) is 9.68. The molecule has 70 valence electrons. The standard InChI is InChI=1S/C9H9Cl2NO/c10-4-1-5-13-9-6-7(12)2-3-8(9)11/h1-4,6H,5,12H2/b4-1+. The molecule has 0 amide bonds. The number of hydrogen-bond donors (Lipinski definition) is 1. The summed E-state index contributed by atoms with van der Waals surface area (Å²) in [6, 6.07) is 5.08. The van der Waals surface area contributed by atoms with Gasteiger partial charge in [-0.3, -0.25) is 0 Å². The topological polar surface area (TPSA) is 35.2 Å². The van der Waals surface area contributed by atoms with Gasteiger partial charge in [0.05, 0.1) is 5.02 Å². The summed E-state index contributed by atoms with van der Waals surface area (Å²) in [5.41, 5.74) is 7.56. The highest BCUT2D eigenvalue weighted by Crippen LogP contribution is 2.26. The highest BCUT2D eigenvalue weighted by atomic mass is 35.5. The summed E-state index contributed by atoms with van der Waals surface area (Å²) in [6.45, 7) is 0.382. The van der Waals surface area contributed by atoms with Crippen molar-refractivity contribution in [1.29, 1.82) is 0 Å². The molecule has 0 atom stereocenters. The van der Waals surface area contributed by atoms with Crippen molar-refractivity contribution in [2.75, 3.05) is 12.3 Å². The van der Waals surface area contributed by atoms with Crippen LogP contribution in [0.5, 0.6) is 5.75 Å². The maximum atomic E-state index is 5.84. The first-order valence-electron chi connectivity index (χ1n) is 3.67. The summed E-state index contributed by atoms with van der Waals surface area (Å²) >= 11 is 11.2. The second-order valence-corrected chi connectivity index (χ2v) is 3.02. The van der Waals surface area contributed by atoms with Crippen LogP contribution in [0, 0.1) is 0 Å². The van der Waals surface area contributed by atoms with Crippen LogP contribution in [0.15, 0.2) is 29.8 Å². The maximum Gasteiger partial charge on any atom is 0.140 e. The van der Waals surface area contributed by atoms with E-state index >= 15 is 0 Å². The Morgan fingerprint density at radius 2 is 2.23 bits per heavy atom. The van der Waals surface area contributed by atoms with Crippen molar-refractivity contribution in [3.05, 3.63) is 34.8 Å². The lowest BCUT2D eigenvalue weighted by atomic mass is 10.3. The first-order valence-corrected chi connectivity index (χ1v) is 4.48. The number of nitrogen functional groups attached to an aromatic ring is 1. The monoisotopic (exact) mass is 217 g/mol. The van der Waals surface area contributed by atoms with Crippen molar-refractivity contribution < 1.29 is 4.74 Å². The van der Waals surface area contributed by atoms with E-state index in [-0.39, 0.29) is 0 Å². The lowest BCUT2D eigenvalue weighted by Gasteiger charge is -2.05. The van der Waals surface area contributed by atoms with E-state index in [9.17, 15) is 0 Å². The maximum absolute atomic E-state index is 5.84. The fraction of sp³-hybridized carbons (Fsp3) is 0.111. The summed E-state index contributed by atoms with van der Waals surface area (Å²) in [5, 5.41) is 0.539. The molecule has 1 aromatic rings. The Morgan fingerprint density at radius 1 is 1.46 bits per heavy atom. The molecule has 0 saturated heterocycles. The Morgan fingerprint density at radius 3 is 2.92 bits per heavy atom. The minimum atomic E-state index is 0.382. The third-order valence-corrected chi connectivity index (χ3v) is 1.87. The Balaban J connectivity index is 2.69. The summed E-state index contributed by atoms with van der Waals surface area (Å²) in [6.07, 6.45) is 1.67. The number of nitrogens with two attached hydrogens (primary N) is 1. The molecule has 0 aromatic heterocycles. The van der Waals surface area contributed by atoms with Crippen LogP contribution >= 0.6 is 23.2 Å². The van der Waals surface area contributed by atoms with E-state index in [0.29, 0.717) is 23.1 Å². The molecule has 2 nitrogen and oxygen atoms in total. The van der Waals surface area contributed by atoms with Crippen LogP contribution in [0.4, 0.5) is 5.69 Å². The highest BCUT2D eigenvalue weighted by molar-refractivity contribution is 6.32. The molecule has 0 aliphatic rings. The van der Waals surface area contributed by atoms with Crippen molar-refractivity contribution in [1.82, 2.24) is 0 Å². The van der Waals surface area contributed by atoms with Gasteiger partial charge in [-0.1, -0.05) is 23.2 Å². The van der Waals surface area contributed by atoms with Crippen LogP contribution in [0.1, 0.15) is 0 Å². The van der Waals surface area contributed by atoms with Gasteiger partial charge in [0.15, 0.2) is 0 Å². The van der Waals surface area contributed by atoms with Crippen molar-refractivity contribution in [3.63, 3.8) is 0 Å². The third-order valence-electron chi connectivity index (χ3n) is 1.38. The molecular formula is C9H9Cl2NO. The molecule has 0 bridgehead atoms. The molecular weight excluding hydrogens is 209 g/mol. The molecule has 0 unspecified atom stereocenters. The van der Waals surface area contributed by atoms with Gasteiger partial charge in [-0.05, 0) is 18.2 Å². The Hall–Kier alpha value is -0.860. The van der Waals surface area contributed by atoms with Crippen LogP contribution in [-0.4, -0.2) is 6.61 Å². The lowest BCUT2D eigenvalue weighted by Crippen LogP contribution is -1.95. The molecule has 0 fully saturated rings. The minimum Gasteiger partial charge on any atom is -0.488 e. The number of ether oxygens (including phenoxy) is 1. The second kappa shape index (κ2) is 5.00. The Labute approximate surface area is 86.9 Å². The zero-order valence-electron chi connectivity index (χ0n) is 6.84. The second-order valence-electron chi connectivity index (χ2n) is 2.36. The fourth-order valence-electron chi connectivity index (χ4n) is 0.805. The third kappa shape index (κ3) is 3.17. The molecule has 0 saturated carbocycles. The molecule has 0 heterocycles. The van der Waals surface area contributed by atoms with E-state index in [0.717, 1.165) is 0 Å². The molecule has 1 aromatic carbocycles. The van der Waals surface area contributed by atoms with Gasteiger partial charge in [0.1, 0.15) is 12.4 Å². The van der Waals surface area contributed by atoms with Gasteiger partial charge >= 0.3 is 0 Å². The molecule has 2 N–H and O–H groups in total.